The number of aromatic nitrogens is 2. The smallest absolute Gasteiger partial charge is 0.267 e. The highest BCUT2D eigenvalue weighted by atomic mass is 32.2. The predicted octanol–water partition coefficient (Wildman–Crippen LogP) is 0.949. The lowest BCUT2D eigenvalue weighted by molar-refractivity contribution is 0.591. The molecule has 0 aliphatic carbocycles. The fourth-order valence-corrected chi connectivity index (χ4v) is 3.55. The van der Waals surface area contributed by atoms with Crippen molar-refractivity contribution in [2.75, 3.05) is 16.6 Å². The van der Waals surface area contributed by atoms with Crippen LogP contribution in [0, 0.1) is 5.82 Å². The first-order chi connectivity index (χ1) is 9.48. The zero-order valence-electron chi connectivity index (χ0n) is 10.3. The molecule has 8 heteroatoms. The Morgan fingerprint density at radius 2 is 1.95 bits per heavy atom. The maximum atomic E-state index is 13.3. The van der Waals surface area contributed by atoms with Gasteiger partial charge in [-0.2, -0.15) is 0 Å². The lowest BCUT2D eigenvalue weighted by Crippen LogP contribution is -2.29. The number of nitrogen functional groups attached to an aromatic ring is 1. The van der Waals surface area contributed by atoms with Gasteiger partial charge in [0.1, 0.15) is 10.7 Å². The molecular weight excluding hydrogens is 283 g/mol. The van der Waals surface area contributed by atoms with Crippen molar-refractivity contribution in [2.45, 2.75) is 11.3 Å². The van der Waals surface area contributed by atoms with Crippen LogP contribution in [0.1, 0.15) is 5.56 Å². The molecule has 0 atom stereocenters. The van der Waals surface area contributed by atoms with Crippen molar-refractivity contribution in [3.8, 4) is 0 Å². The van der Waals surface area contributed by atoms with Crippen LogP contribution in [0.3, 0.4) is 0 Å². The van der Waals surface area contributed by atoms with Gasteiger partial charge in [-0.1, -0.05) is 6.07 Å². The van der Waals surface area contributed by atoms with Crippen LogP contribution < -0.4 is 10.0 Å². The molecule has 104 valence electrons. The maximum absolute atomic E-state index is 13.3. The fraction of sp³-hybridized carbons (Fsp3) is 0.167. The Kier molecular flexibility index (Phi) is 2.82. The number of anilines is 2. The fourth-order valence-electron chi connectivity index (χ4n) is 2.16. The molecule has 0 amide bonds. The van der Waals surface area contributed by atoms with Crippen LogP contribution in [0.5, 0.6) is 0 Å². The van der Waals surface area contributed by atoms with Gasteiger partial charge in [-0.05, 0) is 24.1 Å². The monoisotopic (exact) mass is 294 g/mol. The molecule has 3 rings (SSSR count). The summed E-state index contributed by atoms with van der Waals surface area (Å²) in [5.41, 5.74) is 6.50. The van der Waals surface area contributed by atoms with Crippen LogP contribution in [-0.4, -0.2) is 24.9 Å². The highest BCUT2D eigenvalue weighted by molar-refractivity contribution is 7.92. The quantitative estimate of drug-likeness (QED) is 0.890. The average molecular weight is 294 g/mol. The zero-order valence-corrected chi connectivity index (χ0v) is 11.1. The van der Waals surface area contributed by atoms with Gasteiger partial charge in [-0.3, -0.25) is 4.31 Å². The summed E-state index contributed by atoms with van der Waals surface area (Å²) in [7, 11) is -3.80. The second-order valence-electron chi connectivity index (χ2n) is 4.38. The molecule has 1 aliphatic rings. The molecule has 0 saturated heterocycles. The van der Waals surface area contributed by atoms with Crippen molar-refractivity contribution in [3.63, 3.8) is 0 Å². The lowest BCUT2D eigenvalue weighted by Gasteiger charge is -2.19. The third-order valence-corrected chi connectivity index (χ3v) is 4.90. The molecular formula is C12H11FN4O2S. The second-order valence-corrected chi connectivity index (χ2v) is 6.24. The average Bonchev–Trinajstić information content (AvgIpc) is 2.82. The minimum absolute atomic E-state index is 0.00295. The third-order valence-electron chi connectivity index (χ3n) is 3.14. The minimum atomic E-state index is -3.80. The van der Waals surface area contributed by atoms with Gasteiger partial charge in [-0.15, -0.1) is 0 Å². The number of sulfonamides is 1. The molecule has 0 bridgehead atoms. The van der Waals surface area contributed by atoms with E-state index in [2.05, 4.69) is 9.97 Å². The number of fused-ring (bicyclic) bond motifs is 1. The van der Waals surface area contributed by atoms with Crippen molar-refractivity contribution in [1.82, 2.24) is 9.97 Å². The van der Waals surface area contributed by atoms with E-state index in [1.54, 1.807) is 6.07 Å². The number of halogens is 1. The van der Waals surface area contributed by atoms with E-state index in [-0.39, 0.29) is 17.4 Å². The Balaban J connectivity index is 2.07. The summed E-state index contributed by atoms with van der Waals surface area (Å²) in [5.74, 6) is -0.476. The SMILES string of the molecule is Nc1ncc(S(=O)(=O)N2CCc3ccc(F)cc32)cn1. The molecule has 2 N–H and O–H groups in total. The van der Waals surface area contributed by atoms with Gasteiger partial charge in [0.2, 0.25) is 5.95 Å². The van der Waals surface area contributed by atoms with Gasteiger partial charge < -0.3 is 5.73 Å². The van der Waals surface area contributed by atoms with Crippen molar-refractivity contribution < 1.29 is 12.8 Å². The van der Waals surface area contributed by atoms with E-state index in [1.807, 2.05) is 0 Å². The van der Waals surface area contributed by atoms with Crippen molar-refractivity contribution >= 4 is 21.7 Å². The van der Waals surface area contributed by atoms with E-state index in [4.69, 9.17) is 5.73 Å². The summed E-state index contributed by atoms with van der Waals surface area (Å²) in [6.45, 7) is 0.269. The van der Waals surface area contributed by atoms with Crippen molar-refractivity contribution in [3.05, 3.63) is 42.0 Å². The van der Waals surface area contributed by atoms with Gasteiger partial charge in [-0.25, -0.2) is 22.8 Å². The standard InChI is InChI=1S/C12H11FN4O2S/c13-9-2-1-8-3-4-17(11(8)5-9)20(18,19)10-6-15-12(14)16-7-10/h1-2,5-7H,3-4H2,(H2,14,15,16). The minimum Gasteiger partial charge on any atom is -0.368 e. The highest BCUT2D eigenvalue weighted by Crippen LogP contribution is 2.33. The molecule has 0 unspecified atom stereocenters. The first kappa shape index (κ1) is 12.8. The van der Waals surface area contributed by atoms with Crippen LogP contribution >= 0.6 is 0 Å². The number of rotatable bonds is 2. The molecule has 0 fully saturated rings. The number of nitrogens with zero attached hydrogens (tertiary/aromatic N) is 3. The second kappa shape index (κ2) is 4.41. The molecule has 0 saturated carbocycles. The van der Waals surface area contributed by atoms with Crippen molar-refractivity contribution in [1.29, 1.82) is 0 Å². The van der Waals surface area contributed by atoms with Crippen molar-refractivity contribution in [2.24, 2.45) is 0 Å². The van der Waals surface area contributed by atoms with E-state index >= 15 is 0 Å². The summed E-state index contributed by atoms with van der Waals surface area (Å²) in [6.07, 6.45) is 2.84. The number of nitrogens with two attached hydrogens (primary N) is 1. The molecule has 0 spiro atoms. The lowest BCUT2D eigenvalue weighted by atomic mass is 10.2. The Hall–Kier alpha value is -2.22. The Labute approximate surface area is 115 Å². The van der Waals surface area contributed by atoms with Gasteiger partial charge in [0.05, 0.1) is 18.1 Å². The van der Waals surface area contributed by atoms with Crippen LogP contribution in [0.25, 0.3) is 0 Å². The molecule has 0 radical (unpaired) electrons. The van der Waals surface area contributed by atoms with E-state index in [0.29, 0.717) is 12.1 Å². The third kappa shape index (κ3) is 1.97. The summed E-state index contributed by atoms with van der Waals surface area (Å²) in [6, 6.07) is 4.14. The normalized spacial score (nSPS) is 14.3. The van der Waals surface area contributed by atoms with Gasteiger partial charge in [0, 0.05) is 6.54 Å². The van der Waals surface area contributed by atoms with Crippen LogP contribution in [-0.2, 0) is 16.4 Å². The molecule has 20 heavy (non-hydrogen) atoms. The number of hydrogen-bond donors (Lipinski definition) is 1. The Bertz CT molecular complexity index is 762. The van der Waals surface area contributed by atoms with Crippen LogP contribution in [0.15, 0.2) is 35.5 Å². The van der Waals surface area contributed by atoms with Crippen LogP contribution in [0.2, 0.25) is 0 Å². The molecule has 1 aromatic carbocycles. The van der Waals surface area contributed by atoms with E-state index in [1.165, 1.54) is 16.4 Å². The molecule has 2 aromatic rings. The summed E-state index contributed by atoms with van der Waals surface area (Å²) in [5, 5.41) is 0. The molecule has 1 aliphatic heterocycles. The van der Waals surface area contributed by atoms with E-state index in [9.17, 15) is 12.8 Å². The predicted molar refractivity (Wildman–Crippen MR) is 71.1 cm³/mol. The Morgan fingerprint density at radius 1 is 1.25 bits per heavy atom. The highest BCUT2D eigenvalue weighted by Gasteiger charge is 2.31. The van der Waals surface area contributed by atoms with Gasteiger partial charge >= 0.3 is 0 Å². The van der Waals surface area contributed by atoms with Gasteiger partial charge in [0.25, 0.3) is 10.0 Å². The topological polar surface area (TPSA) is 89.2 Å². The largest absolute Gasteiger partial charge is 0.368 e. The summed E-state index contributed by atoms with van der Waals surface area (Å²) < 4.78 is 39.5. The zero-order chi connectivity index (χ0) is 14.3. The molecule has 2 heterocycles. The first-order valence-corrected chi connectivity index (χ1v) is 7.31. The first-order valence-electron chi connectivity index (χ1n) is 5.87. The Morgan fingerprint density at radius 3 is 2.65 bits per heavy atom. The van der Waals surface area contributed by atoms with Crippen LogP contribution in [0.4, 0.5) is 16.0 Å². The maximum Gasteiger partial charge on any atom is 0.267 e. The summed E-state index contributed by atoms with van der Waals surface area (Å²) in [4.78, 5) is 7.29. The number of hydrogen-bond acceptors (Lipinski definition) is 5. The molecule has 6 nitrogen and oxygen atoms in total. The molecule has 1 aromatic heterocycles. The summed E-state index contributed by atoms with van der Waals surface area (Å²) >= 11 is 0. The van der Waals surface area contributed by atoms with E-state index in [0.717, 1.165) is 18.0 Å². The van der Waals surface area contributed by atoms with Gasteiger partial charge in [0.15, 0.2) is 0 Å². The van der Waals surface area contributed by atoms with E-state index < -0.39 is 15.8 Å². The number of benzene rings is 1.